The molecule has 4 heteroatoms. The number of fused-ring (bicyclic) bond motifs is 1. The van der Waals surface area contributed by atoms with Gasteiger partial charge in [0.05, 0.1) is 11.0 Å². The topological polar surface area (TPSA) is 49.9 Å². The molecule has 2 N–H and O–H groups in total. The van der Waals surface area contributed by atoms with Crippen molar-refractivity contribution in [1.29, 1.82) is 0 Å². The molecule has 0 radical (unpaired) electrons. The van der Waals surface area contributed by atoms with Crippen molar-refractivity contribution in [2.45, 2.75) is 32.8 Å². The van der Waals surface area contributed by atoms with Gasteiger partial charge in [-0.2, -0.15) is 0 Å². The van der Waals surface area contributed by atoms with Crippen molar-refractivity contribution in [2.24, 2.45) is 0 Å². The number of piperidine rings is 1. The molecular formula is C14H19N3O. The van der Waals surface area contributed by atoms with Gasteiger partial charge in [0.15, 0.2) is 0 Å². The molecule has 96 valence electrons. The first-order valence-corrected chi connectivity index (χ1v) is 6.57. The Morgan fingerprint density at radius 1 is 1.33 bits per heavy atom. The van der Waals surface area contributed by atoms with Crippen LogP contribution in [0.15, 0.2) is 12.1 Å². The van der Waals surface area contributed by atoms with Gasteiger partial charge in [0.1, 0.15) is 17.7 Å². The van der Waals surface area contributed by atoms with Crippen LogP contribution < -0.4 is 10.1 Å². The zero-order valence-electron chi connectivity index (χ0n) is 10.9. The molecule has 1 saturated heterocycles. The Morgan fingerprint density at radius 3 is 3.00 bits per heavy atom. The summed E-state index contributed by atoms with van der Waals surface area (Å²) >= 11 is 0. The third-order valence-electron chi connectivity index (χ3n) is 3.42. The summed E-state index contributed by atoms with van der Waals surface area (Å²) in [4.78, 5) is 7.75. The summed E-state index contributed by atoms with van der Waals surface area (Å²) in [6.45, 7) is 6.11. The number of H-pyrrole nitrogens is 1. The number of rotatable bonds is 2. The van der Waals surface area contributed by atoms with Crippen LogP contribution in [-0.2, 0) is 0 Å². The number of hydrogen-bond acceptors (Lipinski definition) is 3. The minimum absolute atomic E-state index is 0.291. The van der Waals surface area contributed by atoms with Gasteiger partial charge in [-0.05, 0) is 44.9 Å². The van der Waals surface area contributed by atoms with E-state index in [1.807, 2.05) is 6.92 Å². The lowest BCUT2D eigenvalue weighted by atomic mass is 10.1. The van der Waals surface area contributed by atoms with E-state index in [4.69, 9.17) is 4.74 Å². The first-order chi connectivity index (χ1) is 8.72. The van der Waals surface area contributed by atoms with Crippen LogP contribution in [-0.4, -0.2) is 29.2 Å². The molecule has 1 unspecified atom stereocenters. The zero-order chi connectivity index (χ0) is 12.5. The molecule has 0 spiro atoms. The molecule has 1 aliphatic heterocycles. The normalized spacial score (nSPS) is 20.2. The summed E-state index contributed by atoms with van der Waals surface area (Å²) in [5, 5.41) is 3.37. The lowest BCUT2D eigenvalue weighted by molar-refractivity contribution is 0.167. The number of aromatic nitrogens is 2. The van der Waals surface area contributed by atoms with E-state index in [0.717, 1.165) is 47.7 Å². The maximum Gasteiger partial charge on any atom is 0.122 e. The summed E-state index contributed by atoms with van der Waals surface area (Å²) in [7, 11) is 0. The number of imidazole rings is 1. The van der Waals surface area contributed by atoms with E-state index in [-0.39, 0.29) is 0 Å². The number of nitrogens with one attached hydrogen (secondary N) is 2. The summed E-state index contributed by atoms with van der Waals surface area (Å²) in [5.41, 5.74) is 3.27. The molecule has 18 heavy (non-hydrogen) atoms. The van der Waals surface area contributed by atoms with Crippen molar-refractivity contribution in [2.75, 3.05) is 13.1 Å². The van der Waals surface area contributed by atoms with E-state index >= 15 is 0 Å². The number of hydrogen-bond donors (Lipinski definition) is 2. The van der Waals surface area contributed by atoms with Crippen molar-refractivity contribution in [3.05, 3.63) is 23.5 Å². The van der Waals surface area contributed by atoms with Crippen LogP contribution in [0.25, 0.3) is 11.0 Å². The number of aromatic amines is 1. The SMILES string of the molecule is Cc1nc2c(C)cc(OC3CCCNC3)cc2[nH]1. The first kappa shape index (κ1) is 11.5. The lowest BCUT2D eigenvalue weighted by Crippen LogP contribution is -2.37. The van der Waals surface area contributed by atoms with Gasteiger partial charge in [-0.15, -0.1) is 0 Å². The summed E-state index contributed by atoms with van der Waals surface area (Å²) in [6.07, 6.45) is 2.61. The minimum Gasteiger partial charge on any atom is -0.489 e. The van der Waals surface area contributed by atoms with E-state index < -0.39 is 0 Å². The second-order valence-electron chi connectivity index (χ2n) is 5.04. The molecule has 1 aliphatic rings. The van der Waals surface area contributed by atoms with Gasteiger partial charge >= 0.3 is 0 Å². The Balaban J connectivity index is 1.87. The Bertz CT molecular complexity index is 555. The Labute approximate surface area is 107 Å². The fourth-order valence-electron chi connectivity index (χ4n) is 2.56. The van der Waals surface area contributed by atoms with Gasteiger partial charge in [0.2, 0.25) is 0 Å². The zero-order valence-corrected chi connectivity index (χ0v) is 10.9. The maximum absolute atomic E-state index is 6.04. The molecule has 3 rings (SSSR count). The van der Waals surface area contributed by atoms with E-state index in [1.54, 1.807) is 0 Å². The van der Waals surface area contributed by atoms with Crippen molar-refractivity contribution in [1.82, 2.24) is 15.3 Å². The highest BCUT2D eigenvalue weighted by molar-refractivity contribution is 5.80. The molecule has 2 heterocycles. The molecule has 4 nitrogen and oxygen atoms in total. The fraction of sp³-hybridized carbons (Fsp3) is 0.500. The van der Waals surface area contributed by atoms with Gasteiger partial charge < -0.3 is 15.0 Å². The monoisotopic (exact) mass is 245 g/mol. The van der Waals surface area contributed by atoms with Crippen LogP contribution in [0.5, 0.6) is 5.75 Å². The van der Waals surface area contributed by atoms with E-state index in [2.05, 4.69) is 34.3 Å². The fourth-order valence-corrected chi connectivity index (χ4v) is 2.56. The maximum atomic E-state index is 6.04. The van der Waals surface area contributed by atoms with E-state index in [1.165, 1.54) is 6.42 Å². The van der Waals surface area contributed by atoms with Gasteiger partial charge in [-0.25, -0.2) is 4.98 Å². The number of ether oxygens (including phenoxy) is 1. The van der Waals surface area contributed by atoms with Crippen molar-refractivity contribution < 1.29 is 4.74 Å². The minimum atomic E-state index is 0.291. The highest BCUT2D eigenvalue weighted by atomic mass is 16.5. The Kier molecular flexibility index (Phi) is 2.96. The number of benzene rings is 1. The smallest absolute Gasteiger partial charge is 0.122 e. The predicted molar refractivity (Wildman–Crippen MR) is 72.1 cm³/mol. The quantitative estimate of drug-likeness (QED) is 0.853. The highest BCUT2D eigenvalue weighted by Crippen LogP contribution is 2.24. The van der Waals surface area contributed by atoms with Crippen molar-refractivity contribution in [3.63, 3.8) is 0 Å². The lowest BCUT2D eigenvalue weighted by Gasteiger charge is -2.24. The Morgan fingerprint density at radius 2 is 2.22 bits per heavy atom. The van der Waals surface area contributed by atoms with Crippen LogP contribution in [0.2, 0.25) is 0 Å². The first-order valence-electron chi connectivity index (χ1n) is 6.57. The molecule has 0 saturated carbocycles. The molecule has 1 atom stereocenters. The van der Waals surface area contributed by atoms with Gasteiger partial charge in [0.25, 0.3) is 0 Å². The third-order valence-corrected chi connectivity index (χ3v) is 3.42. The number of aryl methyl sites for hydroxylation is 2. The van der Waals surface area contributed by atoms with Crippen LogP contribution in [0, 0.1) is 13.8 Å². The molecule has 0 bridgehead atoms. The molecule has 0 aliphatic carbocycles. The molecule has 1 aromatic carbocycles. The average molecular weight is 245 g/mol. The van der Waals surface area contributed by atoms with Crippen molar-refractivity contribution >= 4 is 11.0 Å². The van der Waals surface area contributed by atoms with Gasteiger partial charge in [0, 0.05) is 12.6 Å². The average Bonchev–Trinajstić information content (AvgIpc) is 2.72. The summed E-state index contributed by atoms with van der Waals surface area (Å²) in [5.74, 6) is 1.89. The molecule has 2 aromatic rings. The molecule has 1 aromatic heterocycles. The highest BCUT2D eigenvalue weighted by Gasteiger charge is 2.15. The molecule has 0 amide bonds. The van der Waals surface area contributed by atoms with E-state index in [9.17, 15) is 0 Å². The standard InChI is InChI=1S/C14H19N3O/c1-9-6-12(18-11-4-3-5-15-8-11)7-13-14(9)17-10(2)16-13/h6-7,11,15H,3-5,8H2,1-2H3,(H,16,17). The van der Waals surface area contributed by atoms with Crippen LogP contribution in [0.4, 0.5) is 0 Å². The van der Waals surface area contributed by atoms with Crippen LogP contribution >= 0.6 is 0 Å². The van der Waals surface area contributed by atoms with Gasteiger partial charge in [-0.3, -0.25) is 0 Å². The third kappa shape index (κ3) is 2.20. The number of nitrogens with zero attached hydrogens (tertiary/aromatic N) is 1. The molecular weight excluding hydrogens is 226 g/mol. The van der Waals surface area contributed by atoms with Gasteiger partial charge in [-0.1, -0.05) is 0 Å². The summed E-state index contributed by atoms with van der Waals surface area (Å²) < 4.78 is 6.04. The van der Waals surface area contributed by atoms with Crippen LogP contribution in [0.3, 0.4) is 0 Å². The molecule has 1 fully saturated rings. The van der Waals surface area contributed by atoms with Crippen LogP contribution in [0.1, 0.15) is 24.2 Å². The van der Waals surface area contributed by atoms with Crippen molar-refractivity contribution in [3.8, 4) is 5.75 Å². The van der Waals surface area contributed by atoms with E-state index in [0.29, 0.717) is 6.10 Å². The second-order valence-corrected chi connectivity index (χ2v) is 5.04. The summed E-state index contributed by atoms with van der Waals surface area (Å²) in [6, 6.07) is 4.13. The second kappa shape index (κ2) is 4.61. The largest absolute Gasteiger partial charge is 0.489 e. The predicted octanol–water partition coefficient (Wildman–Crippen LogP) is 2.31. The Hall–Kier alpha value is -1.55.